The number of aryl methyl sites for hydroxylation is 1. The number of ether oxygens (including phenoxy) is 1. The summed E-state index contributed by atoms with van der Waals surface area (Å²) in [6.45, 7) is 4.36. The highest BCUT2D eigenvalue weighted by atomic mass is 19.4. The second kappa shape index (κ2) is 9.67. The van der Waals surface area contributed by atoms with Gasteiger partial charge in [-0.15, -0.1) is 0 Å². The third kappa shape index (κ3) is 5.19. The van der Waals surface area contributed by atoms with E-state index in [1.807, 2.05) is 19.1 Å². The van der Waals surface area contributed by atoms with Gasteiger partial charge in [0.2, 0.25) is 5.91 Å². The van der Waals surface area contributed by atoms with Crippen molar-refractivity contribution in [2.45, 2.75) is 57.7 Å². The van der Waals surface area contributed by atoms with Gasteiger partial charge in [0.1, 0.15) is 11.6 Å². The molecule has 1 aromatic heterocycles. The van der Waals surface area contributed by atoms with Crippen LogP contribution in [0.2, 0.25) is 0 Å². The number of benzene rings is 2. The Hall–Kier alpha value is -3.07. The van der Waals surface area contributed by atoms with Crippen molar-refractivity contribution in [3.63, 3.8) is 0 Å². The number of hydrogen-bond acceptors (Lipinski definition) is 4. The van der Waals surface area contributed by atoms with Gasteiger partial charge in [-0.25, -0.2) is 4.98 Å². The number of likely N-dealkylation sites (tertiary alicyclic amines) is 1. The van der Waals surface area contributed by atoms with E-state index in [4.69, 9.17) is 4.74 Å². The number of imidazole rings is 1. The molecule has 2 atom stereocenters. The number of nitrogens with zero attached hydrogens (tertiary/aromatic N) is 2. The fourth-order valence-electron chi connectivity index (χ4n) is 5.56. The maximum atomic E-state index is 13.1. The molecule has 9 heteroatoms. The molecule has 1 amide bonds. The Morgan fingerprint density at radius 1 is 1.19 bits per heavy atom. The molecule has 5 rings (SSSR count). The van der Waals surface area contributed by atoms with Gasteiger partial charge in [-0.3, -0.25) is 4.79 Å². The number of halogens is 3. The number of amides is 1. The molecule has 0 spiro atoms. The van der Waals surface area contributed by atoms with E-state index in [1.165, 1.54) is 4.90 Å². The topological polar surface area (TPSA) is 78.5 Å². The van der Waals surface area contributed by atoms with Gasteiger partial charge in [-0.1, -0.05) is 19.1 Å². The number of aromatic nitrogens is 2. The van der Waals surface area contributed by atoms with Gasteiger partial charge >= 0.3 is 6.18 Å². The number of piperidine rings is 1. The van der Waals surface area contributed by atoms with Crippen LogP contribution in [0.1, 0.15) is 44.0 Å². The monoisotopic (exact) mass is 515 g/mol. The molecule has 2 unspecified atom stereocenters. The quantitative estimate of drug-likeness (QED) is 0.488. The zero-order valence-corrected chi connectivity index (χ0v) is 21.1. The standard InChI is InChI=1S/C28H32F3N3O3/c1-17-13-22-14-20(21-3-5-23-24(15-21)33-18(2)32-23)4-6-25(22)37-12-7-19(17)16-26(35)34-10-8-27(36,9-11-34)28(29,30)31/h3-6,14-15,17,19,36H,7-13,16H2,1-2H3,(H,32,33). The third-order valence-corrected chi connectivity index (χ3v) is 7.99. The minimum Gasteiger partial charge on any atom is -0.493 e. The molecule has 37 heavy (non-hydrogen) atoms. The van der Waals surface area contributed by atoms with Crippen LogP contribution in [0.5, 0.6) is 5.75 Å². The smallest absolute Gasteiger partial charge is 0.417 e. The van der Waals surface area contributed by atoms with E-state index in [-0.39, 0.29) is 37.3 Å². The predicted octanol–water partition coefficient (Wildman–Crippen LogP) is 5.42. The number of aliphatic hydroxyl groups is 1. The van der Waals surface area contributed by atoms with Gasteiger partial charge in [0.25, 0.3) is 0 Å². The van der Waals surface area contributed by atoms with Crippen LogP contribution >= 0.6 is 0 Å². The lowest BCUT2D eigenvalue weighted by molar-refractivity contribution is -0.272. The summed E-state index contributed by atoms with van der Waals surface area (Å²) in [6.07, 6.45) is -3.94. The number of alkyl halides is 3. The van der Waals surface area contributed by atoms with Gasteiger partial charge < -0.3 is 19.7 Å². The first-order valence-corrected chi connectivity index (χ1v) is 12.8. The Labute approximate surface area is 213 Å². The Morgan fingerprint density at radius 3 is 2.62 bits per heavy atom. The summed E-state index contributed by atoms with van der Waals surface area (Å²) in [7, 11) is 0. The molecule has 3 aromatic rings. The number of carbonyl (C=O) groups is 1. The number of nitrogens with one attached hydrogen (secondary N) is 1. The molecular formula is C28H32F3N3O3. The maximum absolute atomic E-state index is 13.1. The van der Waals surface area contributed by atoms with E-state index in [9.17, 15) is 23.1 Å². The van der Waals surface area contributed by atoms with E-state index in [0.717, 1.165) is 45.7 Å². The van der Waals surface area contributed by atoms with Crippen LogP contribution < -0.4 is 4.74 Å². The number of aromatic amines is 1. The Balaban J connectivity index is 1.27. The van der Waals surface area contributed by atoms with Crippen molar-refractivity contribution in [3.8, 4) is 16.9 Å². The minimum absolute atomic E-state index is 0.0528. The van der Waals surface area contributed by atoms with Crippen molar-refractivity contribution >= 4 is 16.9 Å². The average Bonchev–Trinajstić information content (AvgIpc) is 3.22. The van der Waals surface area contributed by atoms with E-state index in [1.54, 1.807) is 0 Å². The molecule has 0 saturated carbocycles. The van der Waals surface area contributed by atoms with Crippen molar-refractivity contribution in [2.24, 2.45) is 11.8 Å². The fraction of sp³-hybridized carbons (Fsp3) is 0.500. The molecule has 2 aromatic carbocycles. The van der Waals surface area contributed by atoms with E-state index in [2.05, 4.69) is 41.2 Å². The molecule has 3 heterocycles. The van der Waals surface area contributed by atoms with Crippen LogP contribution in [0.4, 0.5) is 13.2 Å². The zero-order valence-electron chi connectivity index (χ0n) is 21.1. The molecule has 0 bridgehead atoms. The molecule has 0 aliphatic carbocycles. The third-order valence-electron chi connectivity index (χ3n) is 7.99. The largest absolute Gasteiger partial charge is 0.493 e. The lowest BCUT2D eigenvalue weighted by Crippen LogP contribution is -2.54. The van der Waals surface area contributed by atoms with Gasteiger partial charge in [0.05, 0.1) is 17.6 Å². The molecular weight excluding hydrogens is 483 g/mol. The molecule has 2 N–H and O–H groups in total. The summed E-state index contributed by atoms with van der Waals surface area (Å²) in [4.78, 5) is 22.2. The van der Waals surface area contributed by atoms with Gasteiger partial charge in [-0.05, 0) is 72.6 Å². The molecule has 2 aliphatic rings. The van der Waals surface area contributed by atoms with Crippen molar-refractivity contribution < 1.29 is 27.8 Å². The summed E-state index contributed by atoms with van der Waals surface area (Å²) in [5.41, 5.74) is 2.43. The zero-order chi connectivity index (χ0) is 26.4. The Morgan fingerprint density at radius 2 is 1.89 bits per heavy atom. The fourth-order valence-corrected chi connectivity index (χ4v) is 5.56. The first-order valence-electron chi connectivity index (χ1n) is 12.8. The number of H-pyrrole nitrogens is 1. The SMILES string of the molecule is Cc1nc2ccc(-c3ccc4c(c3)CC(C)C(CC(=O)N3CCC(O)(C(F)(F)F)CC3)CCO4)cc2[nH]1. The van der Waals surface area contributed by atoms with Gasteiger partial charge in [0, 0.05) is 32.4 Å². The second-order valence-corrected chi connectivity index (χ2v) is 10.6. The first-order chi connectivity index (χ1) is 17.5. The van der Waals surface area contributed by atoms with Crippen LogP contribution in [0, 0.1) is 18.8 Å². The number of carbonyl (C=O) groups excluding carboxylic acids is 1. The lowest BCUT2D eigenvalue weighted by Gasteiger charge is -2.39. The van der Waals surface area contributed by atoms with E-state index in [0.29, 0.717) is 13.0 Å². The highest BCUT2D eigenvalue weighted by molar-refractivity contribution is 5.82. The van der Waals surface area contributed by atoms with Crippen molar-refractivity contribution in [1.29, 1.82) is 0 Å². The predicted molar refractivity (Wildman–Crippen MR) is 134 cm³/mol. The molecule has 0 radical (unpaired) electrons. The number of fused-ring (bicyclic) bond motifs is 2. The summed E-state index contributed by atoms with van der Waals surface area (Å²) in [6, 6.07) is 12.3. The van der Waals surface area contributed by atoms with Crippen molar-refractivity contribution in [3.05, 3.63) is 47.8 Å². The molecule has 198 valence electrons. The summed E-state index contributed by atoms with van der Waals surface area (Å²) < 4.78 is 45.4. The highest BCUT2D eigenvalue weighted by Crippen LogP contribution is 2.39. The van der Waals surface area contributed by atoms with Crippen LogP contribution in [-0.4, -0.2) is 57.4 Å². The second-order valence-electron chi connectivity index (χ2n) is 10.6. The van der Waals surface area contributed by atoms with Crippen LogP contribution in [0.25, 0.3) is 22.2 Å². The summed E-state index contributed by atoms with van der Waals surface area (Å²) in [5, 5.41) is 9.91. The Bertz CT molecular complexity index is 1290. The van der Waals surface area contributed by atoms with Crippen LogP contribution in [0.15, 0.2) is 36.4 Å². The summed E-state index contributed by atoms with van der Waals surface area (Å²) in [5.74, 6) is 1.81. The highest BCUT2D eigenvalue weighted by Gasteiger charge is 2.54. The van der Waals surface area contributed by atoms with Crippen LogP contribution in [0.3, 0.4) is 0 Å². The first kappa shape index (κ1) is 25.6. The Kier molecular flexibility index (Phi) is 6.68. The lowest BCUT2D eigenvalue weighted by atomic mass is 9.82. The molecule has 6 nitrogen and oxygen atoms in total. The van der Waals surface area contributed by atoms with E-state index < -0.39 is 24.6 Å². The van der Waals surface area contributed by atoms with Gasteiger partial charge in [-0.2, -0.15) is 13.2 Å². The van der Waals surface area contributed by atoms with Gasteiger partial charge in [0.15, 0.2) is 5.60 Å². The maximum Gasteiger partial charge on any atom is 0.417 e. The molecule has 1 fully saturated rings. The molecule has 1 saturated heterocycles. The molecule has 2 aliphatic heterocycles. The van der Waals surface area contributed by atoms with Crippen molar-refractivity contribution in [1.82, 2.24) is 14.9 Å². The minimum atomic E-state index is -4.68. The average molecular weight is 516 g/mol. The normalized spacial score (nSPS) is 22.2. The number of rotatable bonds is 3. The van der Waals surface area contributed by atoms with Crippen LogP contribution in [-0.2, 0) is 11.2 Å². The van der Waals surface area contributed by atoms with Crippen molar-refractivity contribution in [2.75, 3.05) is 19.7 Å². The summed E-state index contributed by atoms with van der Waals surface area (Å²) >= 11 is 0. The number of hydrogen-bond donors (Lipinski definition) is 2. The van der Waals surface area contributed by atoms with E-state index >= 15 is 0 Å².